The highest BCUT2D eigenvalue weighted by atomic mass is 16.7. The molecule has 0 aliphatic carbocycles. The molecule has 3 N–H and O–H groups in total. The minimum absolute atomic E-state index is 0.122. The number of ether oxygens (including phenoxy) is 3. The molecule has 9 heteroatoms. The van der Waals surface area contributed by atoms with Gasteiger partial charge in [0.05, 0.1) is 6.61 Å². The van der Waals surface area contributed by atoms with E-state index in [1.807, 2.05) is 44.2 Å². The number of amides is 3. The molecule has 0 saturated carbocycles. The Morgan fingerprint density at radius 2 is 1.68 bits per heavy atom. The minimum Gasteiger partial charge on any atom is -0.445 e. The van der Waals surface area contributed by atoms with Gasteiger partial charge in [0, 0.05) is 31.5 Å². The van der Waals surface area contributed by atoms with Crippen LogP contribution in [0, 0.1) is 5.41 Å². The minimum atomic E-state index is -0.829. The zero-order valence-electron chi connectivity index (χ0n) is 18.7. The molecule has 1 fully saturated rings. The molecule has 1 atom stereocenters. The lowest BCUT2D eigenvalue weighted by molar-refractivity contribution is -0.304. The summed E-state index contributed by atoms with van der Waals surface area (Å²) >= 11 is 0. The van der Waals surface area contributed by atoms with Gasteiger partial charge in [-0.2, -0.15) is 0 Å². The molecule has 1 aromatic carbocycles. The average Bonchev–Trinajstić information content (AvgIpc) is 2.72. The Morgan fingerprint density at radius 3 is 2.39 bits per heavy atom. The van der Waals surface area contributed by atoms with Crippen LogP contribution in [0.15, 0.2) is 30.3 Å². The van der Waals surface area contributed by atoms with Crippen molar-refractivity contribution >= 4 is 17.9 Å². The molecule has 1 heterocycles. The quantitative estimate of drug-likeness (QED) is 0.509. The fourth-order valence-electron chi connectivity index (χ4n) is 2.94. The molecule has 0 aromatic heterocycles. The number of nitrogens with one attached hydrogen (secondary N) is 3. The highest BCUT2D eigenvalue weighted by molar-refractivity contribution is 5.83. The monoisotopic (exact) mass is 435 g/mol. The van der Waals surface area contributed by atoms with Crippen molar-refractivity contribution in [3.8, 4) is 0 Å². The van der Waals surface area contributed by atoms with E-state index in [-0.39, 0.29) is 44.5 Å². The third kappa shape index (κ3) is 8.55. The molecule has 172 valence electrons. The first kappa shape index (κ1) is 24.6. The summed E-state index contributed by atoms with van der Waals surface area (Å²) in [6, 6.07) is 9.35. The molecular formula is C22H33N3O6. The molecule has 31 heavy (non-hydrogen) atoms. The van der Waals surface area contributed by atoms with Crippen molar-refractivity contribution in [1.82, 2.24) is 16.0 Å². The Labute approximate surface area is 183 Å². The number of hydrogen-bond acceptors (Lipinski definition) is 6. The normalized spacial score (nSPS) is 19.2. The van der Waals surface area contributed by atoms with E-state index in [4.69, 9.17) is 14.2 Å². The molecule has 0 spiro atoms. The first-order valence-electron chi connectivity index (χ1n) is 10.4. The van der Waals surface area contributed by atoms with Crippen molar-refractivity contribution in [3.63, 3.8) is 0 Å². The summed E-state index contributed by atoms with van der Waals surface area (Å²) in [5, 5.41) is 8.00. The number of hydrogen-bond donors (Lipinski definition) is 3. The van der Waals surface area contributed by atoms with Crippen molar-refractivity contribution in [2.45, 2.75) is 52.6 Å². The maximum Gasteiger partial charge on any atom is 0.407 e. The van der Waals surface area contributed by atoms with E-state index >= 15 is 0 Å². The fraction of sp³-hybridized carbons (Fsp3) is 0.591. The van der Waals surface area contributed by atoms with Crippen molar-refractivity contribution in [3.05, 3.63) is 35.9 Å². The Morgan fingerprint density at radius 1 is 1.00 bits per heavy atom. The van der Waals surface area contributed by atoms with Crippen LogP contribution >= 0.6 is 0 Å². The smallest absolute Gasteiger partial charge is 0.407 e. The molecule has 9 nitrogen and oxygen atoms in total. The topological polar surface area (TPSA) is 115 Å². The van der Waals surface area contributed by atoms with Crippen LogP contribution in [-0.2, 0) is 30.4 Å². The molecular weight excluding hydrogens is 402 g/mol. The summed E-state index contributed by atoms with van der Waals surface area (Å²) in [6.07, 6.45) is -1.09. The van der Waals surface area contributed by atoms with E-state index in [0.29, 0.717) is 6.61 Å². The van der Waals surface area contributed by atoms with Gasteiger partial charge in [0.15, 0.2) is 5.79 Å². The van der Waals surface area contributed by atoms with Crippen LogP contribution in [0.2, 0.25) is 0 Å². The van der Waals surface area contributed by atoms with Gasteiger partial charge < -0.3 is 30.2 Å². The van der Waals surface area contributed by atoms with Gasteiger partial charge in [0.1, 0.15) is 12.7 Å². The Hall–Kier alpha value is -2.65. The molecule has 1 aliphatic rings. The van der Waals surface area contributed by atoms with Gasteiger partial charge >= 0.3 is 6.09 Å². The first-order chi connectivity index (χ1) is 14.6. The summed E-state index contributed by atoms with van der Waals surface area (Å²) in [7, 11) is 0. The Kier molecular flexibility index (Phi) is 8.82. The van der Waals surface area contributed by atoms with E-state index in [0.717, 1.165) is 5.56 Å². The molecule has 1 saturated heterocycles. The van der Waals surface area contributed by atoms with E-state index < -0.39 is 23.4 Å². The third-order valence-electron chi connectivity index (χ3n) is 4.72. The van der Waals surface area contributed by atoms with Crippen molar-refractivity contribution in [2.24, 2.45) is 5.41 Å². The van der Waals surface area contributed by atoms with E-state index in [2.05, 4.69) is 16.0 Å². The maximum atomic E-state index is 12.5. The van der Waals surface area contributed by atoms with Crippen LogP contribution in [0.4, 0.5) is 4.79 Å². The standard InChI is InChI=1S/C22H33N3O6/c1-21(2)15-30-22(3,4)31-18(21)19(27)24-11-10-17(26)23-12-13-25-20(28)29-14-16-8-6-5-7-9-16/h5-9,18H,10-15H2,1-4H3,(H,23,26)(H,24,27)(H,25,28)/t18-/m0/s1. The lowest BCUT2D eigenvalue weighted by Gasteiger charge is -2.44. The molecule has 0 radical (unpaired) electrons. The third-order valence-corrected chi connectivity index (χ3v) is 4.72. The Balaban J connectivity index is 1.57. The molecule has 2 rings (SSSR count). The number of rotatable bonds is 9. The molecule has 0 bridgehead atoms. The lowest BCUT2D eigenvalue weighted by Crippen LogP contribution is -2.56. The maximum absolute atomic E-state index is 12.5. The van der Waals surface area contributed by atoms with E-state index in [1.54, 1.807) is 13.8 Å². The van der Waals surface area contributed by atoms with Crippen molar-refractivity contribution < 1.29 is 28.6 Å². The second-order valence-corrected chi connectivity index (χ2v) is 8.55. The van der Waals surface area contributed by atoms with Crippen LogP contribution in [0.1, 0.15) is 39.7 Å². The van der Waals surface area contributed by atoms with Crippen LogP contribution in [0.3, 0.4) is 0 Å². The van der Waals surface area contributed by atoms with Crippen LogP contribution in [0.25, 0.3) is 0 Å². The summed E-state index contributed by atoms with van der Waals surface area (Å²) in [5.74, 6) is -1.33. The number of carbonyl (C=O) groups excluding carboxylic acids is 3. The van der Waals surface area contributed by atoms with Gasteiger partial charge in [-0.05, 0) is 19.4 Å². The molecule has 0 unspecified atom stereocenters. The van der Waals surface area contributed by atoms with Crippen LogP contribution in [0.5, 0.6) is 0 Å². The summed E-state index contributed by atoms with van der Waals surface area (Å²) in [4.78, 5) is 36.1. The molecule has 1 aromatic rings. The van der Waals surface area contributed by atoms with Gasteiger partial charge in [-0.3, -0.25) is 9.59 Å². The van der Waals surface area contributed by atoms with Crippen LogP contribution in [-0.4, -0.2) is 56.0 Å². The summed E-state index contributed by atoms with van der Waals surface area (Å²) in [5.41, 5.74) is 0.425. The highest BCUT2D eigenvalue weighted by Crippen LogP contribution is 2.34. The van der Waals surface area contributed by atoms with Gasteiger partial charge in [-0.25, -0.2) is 4.79 Å². The largest absolute Gasteiger partial charge is 0.445 e. The van der Waals surface area contributed by atoms with E-state index in [1.165, 1.54) is 0 Å². The number of alkyl carbamates (subject to hydrolysis) is 1. The Bertz CT molecular complexity index is 751. The van der Waals surface area contributed by atoms with Crippen molar-refractivity contribution in [2.75, 3.05) is 26.2 Å². The zero-order valence-corrected chi connectivity index (χ0v) is 18.7. The average molecular weight is 436 g/mol. The van der Waals surface area contributed by atoms with Gasteiger partial charge in [-0.15, -0.1) is 0 Å². The first-order valence-corrected chi connectivity index (χ1v) is 10.4. The van der Waals surface area contributed by atoms with Crippen molar-refractivity contribution in [1.29, 1.82) is 0 Å². The number of benzene rings is 1. The van der Waals surface area contributed by atoms with Gasteiger partial charge in [-0.1, -0.05) is 44.2 Å². The van der Waals surface area contributed by atoms with Gasteiger partial charge in [0.25, 0.3) is 0 Å². The lowest BCUT2D eigenvalue weighted by atomic mass is 9.85. The predicted octanol–water partition coefficient (Wildman–Crippen LogP) is 1.71. The summed E-state index contributed by atoms with van der Waals surface area (Å²) < 4.78 is 16.5. The molecule has 3 amide bonds. The zero-order chi connectivity index (χ0) is 22.9. The highest BCUT2D eigenvalue weighted by Gasteiger charge is 2.45. The number of carbonyl (C=O) groups is 3. The molecule has 1 aliphatic heterocycles. The fourth-order valence-corrected chi connectivity index (χ4v) is 2.94. The van der Waals surface area contributed by atoms with Crippen LogP contribution < -0.4 is 16.0 Å². The second-order valence-electron chi connectivity index (χ2n) is 8.55. The van der Waals surface area contributed by atoms with E-state index in [9.17, 15) is 14.4 Å². The van der Waals surface area contributed by atoms with Gasteiger partial charge in [0.2, 0.25) is 11.8 Å². The second kappa shape index (κ2) is 11.1. The summed E-state index contributed by atoms with van der Waals surface area (Å²) in [6.45, 7) is 8.61. The SMILES string of the molecule is CC1(C)OCC(C)(C)[C@H](C(=O)NCCC(=O)NCCNC(=O)OCc2ccccc2)O1. The predicted molar refractivity (Wildman–Crippen MR) is 114 cm³/mol.